The Morgan fingerprint density at radius 3 is 1.07 bits per heavy atom. The van der Waals surface area contributed by atoms with Crippen LogP contribution in [-0.2, 0) is 0 Å². The molecule has 43 heavy (non-hydrogen) atoms. The normalized spacial score (nSPS) is 11.3. The van der Waals surface area contributed by atoms with Gasteiger partial charge in [-0.3, -0.25) is 0 Å². The molecule has 8 aromatic carbocycles. The summed E-state index contributed by atoms with van der Waals surface area (Å²) < 4.78 is 12.8. The molecule has 0 saturated carbocycles. The molecule has 0 atom stereocenters. The molecule has 8 rings (SSSR count). The van der Waals surface area contributed by atoms with E-state index < -0.39 is 0 Å². The SMILES string of the molecule is B(Oc1ccc(-c2ccccc2)c2cc3ccccc3cc12)Oc1ccc(-c2ccccc2)c2cc3ccccc3cc12. The Balaban J connectivity index is 1.18. The first kappa shape index (κ1) is 25.2. The number of fused-ring (bicyclic) bond motifs is 4. The van der Waals surface area contributed by atoms with Gasteiger partial charge in [0.05, 0.1) is 0 Å². The highest BCUT2D eigenvalue weighted by Crippen LogP contribution is 2.39. The second-order valence-corrected chi connectivity index (χ2v) is 10.9. The summed E-state index contributed by atoms with van der Waals surface area (Å²) in [7, 11) is 0.0964. The zero-order valence-electron chi connectivity index (χ0n) is 23.5. The van der Waals surface area contributed by atoms with Crippen molar-refractivity contribution in [2.75, 3.05) is 0 Å². The predicted molar refractivity (Wildman–Crippen MR) is 182 cm³/mol. The van der Waals surface area contributed by atoms with Crippen molar-refractivity contribution in [3.8, 4) is 33.8 Å². The molecular formula is C40H27BO2. The molecule has 8 aromatic rings. The van der Waals surface area contributed by atoms with Gasteiger partial charge in [-0.05, 0) is 91.0 Å². The topological polar surface area (TPSA) is 18.5 Å². The van der Waals surface area contributed by atoms with Gasteiger partial charge in [0.1, 0.15) is 11.5 Å². The van der Waals surface area contributed by atoms with E-state index in [2.05, 4.69) is 158 Å². The Labute approximate surface area is 251 Å². The van der Waals surface area contributed by atoms with E-state index in [1.165, 1.54) is 43.8 Å². The highest BCUT2D eigenvalue weighted by Gasteiger charge is 2.14. The lowest BCUT2D eigenvalue weighted by atomic mass is 9.94. The second-order valence-electron chi connectivity index (χ2n) is 10.9. The first-order valence-electron chi connectivity index (χ1n) is 14.6. The van der Waals surface area contributed by atoms with Crippen LogP contribution >= 0.6 is 0 Å². The third-order valence-corrected chi connectivity index (χ3v) is 8.28. The number of rotatable bonds is 6. The summed E-state index contributed by atoms with van der Waals surface area (Å²) in [6, 6.07) is 55.4. The average Bonchev–Trinajstić information content (AvgIpc) is 3.07. The molecule has 3 heteroatoms. The van der Waals surface area contributed by atoms with Crippen LogP contribution in [0.3, 0.4) is 0 Å². The molecule has 0 aliphatic heterocycles. The van der Waals surface area contributed by atoms with Crippen molar-refractivity contribution in [2.24, 2.45) is 0 Å². The van der Waals surface area contributed by atoms with Crippen LogP contribution in [0.4, 0.5) is 0 Å². The highest BCUT2D eigenvalue weighted by molar-refractivity contribution is 6.23. The number of hydrogen-bond acceptors (Lipinski definition) is 2. The van der Waals surface area contributed by atoms with Crippen LogP contribution in [0, 0.1) is 0 Å². The fourth-order valence-corrected chi connectivity index (χ4v) is 6.16. The van der Waals surface area contributed by atoms with Gasteiger partial charge in [0.25, 0.3) is 0 Å². The highest BCUT2D eigenvalue weighted by atomic mass is 16.6. The molecule has 0 aliphatic rings. The van der Waals surface area contributed by atoms with Crippen molar-refractivity contribution in [3.63, 3.8) is 0 Å². The van der Waals surface area contributed by atoms with Crippen LogP contribution in [0.15, 0.2) is 158 Å². The van der Waals surface area contributed by atoms with Gasteiger partial charge in [0.15, 0.2) is 0 Å². The fourth-order valence-electron chi connectivity index (χ4n) is 6.16. The summed E-state index contributed by atoms with van der Waals surface area (Å²) in [5.41, 5.74) is 4.73. The van der Waals surface area contributed by atoms with E-state index in [-0.39, 0.29) is 7.69 Å². The van der Waals surface area contributed by atoms with Crippen LogP contribution in [0.25, 0.3) is 65.3 Å². The maximum atomic E-state index is 6.39. The smallest absolute Gasteiger partial charge is 0.528 e. The van der Waals surface area contributed by atoms with E-state index in [1.54, 1.807) is 0 Å². The van der Waals surface area contributed by atoms with Gasteiger partial charge in [-0.15, -0.1) is 0 Å². The minimum Gasteiger partial charge on any atom is -0.528 e. The Kier molecular flexibility index (Phi) is 6.27. The number of hydrogen-bond donors (Lipinski definition) is 0. The minimum absolute atomic E-state index is 0.0964. The molecule has 0 bridgehead atoms. The number of benzene rings is 8. The first-order chi connectivity index (χ1) is 21.3. The lowest BCUT2D eigenvalue weighted by Crippen LogP contribution is -2.11. The zero-order chi connectivity index (χ0) is 28.6. The standard InChI is InChI=1S/C40H27BO2/c1-3-11-27(12-4-1)33-19-21-39(37-25-31-17-9-7-15-29(31)23-35(33)37)42-41-43-40-22-20-34(28-13-5-2-6-14-28)36-24-30-16-8-10-18-32(30)26-38(36)40/h1-26,41H. The molecule has 0 heterocycles. The average molecular weight is 550 g/mol. The van der Waals surface area contributed by atoms with E-state index in [0.717, 1.165) is 33.0 Å². The molecule has 0 unspecified atom stereocenters. The van der Waals surface area contributed by atoms with Gasteiger partial charge in [-0.25, -0.2) is 0 Å². The van der Waals surface area contributed by atoms with Crippen LogP contribution in [-0.4, -0.2) is 7.69 Å². The monoisotopic (exact) mass is 550 g/mol. The summed E-state index contributed by atoms with van der Waals surface area (Å²) >= 11 is 0. The van der Waals surface area contributed by atoms with Crippen molar-refractivity contribution in [2.45, 2.75) is 0 Å². The molecular weight excluding hydrogens is 523 g/mol. The summed E-state index contributed by atoms with van der Waals surface area (Å²) in [4.78, 5) is 0. The molecule has 0 aromatic heterocycles. The molecule has 0 fully saturated rings. The Hall–Kier alpha value is -5.54. The van der Waals surface area contributed by atoms with Crippen molar-refractivity contribution < 1.29 is 9.31 Å². The Morgan fingerprint density at radius 2 is 0.674 bits per heavy atom. The Morgan fingerprint density at radius 1 is 0.326 bits per heavy atom. The molecule has 0 spiro atoms. The predicted octanol–water partition coefficient (Wildman–Crippen LogP) is 10.4. The van der Waals surface area contributed by atoms with Crippen molar-refractivity contribution in [1.29, 1.82) is 0 Å². The zero-order valence-corrected chi connectivity index (χ0v) is 23.5. The first-order valence-corrected chi connectivity index (χ1v) is 14.6. The molecule has 2 nitrogen and oxygen atoms in total. The molecule has 0 saturated heterocycles. The molecule has 202 valence electrons. The molecule has 0 N–H and O–H groups in total. The van der Waals surface area contributed by atoms with Crippen molar-refractivity contribution in [3.05, 3.63) is 158 Å². The summed E-state index contributed by atoms with van der Waals surface area (Å²) in [6.45, 7) is 0. The Bertz CT molecular complexity index is 2100. The molecule has 0 amide bonds. The van der Waals surface area contributed by atoms with Gasteiger partial charge in [-0.2, -0.15) is 0 Å². The van der Waals surface area contributed by atoms with Crippen molar-refractivity contribution >= 4 is 50.8 Å². The van der Waals surface area contributed by atoms with Gasteiger partial charge >= 0.3 is 7.69 Å². The van der Waals surface area contributed by atoms with E-state index in [4.69, 9.17) is 9.31 Å². The quantitative estimate of drug-likeness (QED) is 0.151. The van der Waals surface area contributed by atoms with E-state index in [0.29, 0.717) is 0 Å². The maximum absolute atomic E-state index is 6.39. The summed E-state index contributed by atoms with van der Waals surface area (Å²) in [6.07, 6.45) is 0. The van der Waals surface area contributed by atoms with Crippen LogP contribution in [0.2, 0.25) is 0 Å². The lowest BCUT2D eigenvalue weighted by molar-refractivity contribution is 0.465. The second kappa shape index (κ2) is 10.7. The largest absolute Gasteiger partial charge is 0.576 e. The van der Waals surface area contributed by atoms with Crippen LogP contribution < -0.4 is 9.31 Å². The van der Waals surface area contributed by atoms with Crippen LogP contribution in [0.1, 0.15) is 0 Å². The molecule has 0 aliphatic carbocycles. The maximum Gasteiger partial charge on any atom is 0.576 e. The molecule has 0 radical (unpaired) electrons. The van der Waals surface area contributed by atoms with E-state index in [9.17, 15) is 0 Å². The van der Waals surface area contributed by atoms with Gasteiger partial charge < -0.3 is 9.31 Å². The van der Waals surface area contributed by atoms with Gasteiger partial charge in [0.2, 0.25) is 0 Å². The third-order valence-electron chi connectivity index (χ3n) is 8.28. The van der Waals surface area contributed by atoms with Crippen LogP contribution in [0.5, 0.6) is 11.5 Å². The van der Waals surface area contributed by atoms with Gasteiger partial charge in [-0.1, -0.05) is 121 Å². The lowest BCUT2D eigenvalue weighted by Gasteiger charge is -2.16. The minimum atomic E-state index is 0.0964. The van der Waals surface area contributed by atoms with Gasteiger partial charge in [0, 0.05) is 10.8 Å². The fraction of sp³-hybridized carbons (Fsp3) is 0. The summed E-state index contributed by atoms with van der Waals surface area (Å²) in [5.74, 6) is 1.60. The third kappa shape index (κ3) is 4.65. The van der Waals surface area contributed by atoms with Crippen molar-refractivity contribution in [1.82, 2.24) is 0 Å². The summed E-state index contributed by atoms with van der Waals surface area (Å²) in [5, 5.41) is 9.23. The van der Waals surface area contributed by atoms with E-state index in [1.807, 2.05) is 0 Å². The van der Waals surface area contributed by atoms with E-state index >= 15 is 0 Å².